The van der Waals surface area contributed by atoms with Crippen LogP contribution in [0.5, 0.6) is 0 Å². The van der Waals surface area contributed by atoms with Gasteiger partial charge in [0, 0.05) is 48.1 Å². The summed E-state index contributed by atoms with van der Waals surface area (Å²) in [5.41, 5.74) is 1.76. The Labute approximate surface area is 181 Å². The van der Waals surface area contributed by atoms with E-state index in [0.717, 1.165) is 27.0 Å². The lowest BCUT2D eigenvalue weighted by molar-refractivity contribution is -0.126. The summed E-state index contributed by atoms with van der Waals surface area (Å²) >= 11 is 1.64. The molecular formula is C24H27N3O2S. The molecule has 1 fully saturated rings. The largest absolute Gasteiger partial charge is 0.355 e. The molecule has 2 amide bonds. The number of benzene rings is 2. The third-order valence-corrected chi connectivity index (χ3v) is 7.01. The molecule has 1 aromatic heterocycles. The minimum atomic E-state index is -0.0354. The summed E-state index contributed by atoms with van der Waals surface area (Å²) in [6, 6.07) is 13.8. The molecule has 5 nitrogen and oxygen atoms in total. The zero-order valence-corrected chi connectivity index (χ0v) is 18.2. The molecule has 1 aliphatic rings. The van der Waals surface area contributed by atoms with E-state index in [4.69, 9.17) is 0 Å². The van der Waals surface area contributed by atoms with Gasteiger partial charge in [0.2, 0.25) is 5.91 Å². The molecule has 4 rings (SSSR count). The van der Waals surface area contributed by atoms with E-state index in [1.807, 2.05) is 59.7 Å². The van der Waals surface area contributed by atoms with E-state index in [1.54, 1.807) is 11.3 Å². The molecule has 1 saturated heterocycles. The smallest absolute Gasteiger partial charge is 0.254 e. The highest BCUT2D eigenvalue weighted by Gasteiger charge is 2.28. The van der Waals surface area contributed by atoms with E-state index >= 15 is 0 Å². The van der Waals surface area contributed by atoms with E-state index in [9.17, 15) is 9.59 Å². The van der Waals surface area contributed by atoms with E-state index < -0.39 is 0 Å². The standard InChI is InChI=1S/C24H27N3O2S/c1-16(23-26-17(2)15-30-23)14-25-22(28)19-10-12-27(13-11-19)24(29)21-9-5-7-18-6-3-4-8-20(18)21/h3-9,15-16,19H,10-14H2,1-2H3,(H,25,28). The lowest BCUT2D eigenvalue weighted by Crippen LogP contribution is -2.43. The van der Waals surface area contributed by atoms with Gasteiger partial charge in [0.05, 0.1) is 5.01 Å². The highest BCUT2D eigenvalue weighted by atomic mass is 32.1. The fourth-order valence-corrected chi connectivity index (χ4v) is 4.87. The van der Waals surface area contributed by atoms with Crippen molar-refractivity contribution in [2.24, 2.45) is 5.92 Å². The van der Waals surface area contributed by atoms with Crippen molar-refractivity contribution in [2.45, 2.75) is 32.6 Å². The van der Waals surface area contributed by atoms with Crippen molar-refractivity contribution in [3.63, 3.8) is 0 Å². The maximum atomic E-state index is 13.1. The van der Waals surface area contributed by atoms with Crippen molar-refractivity contribution in [1.82, 2.24) is 15.2 Å². The molecule has 1 aliphatic heterocycles. The van der Waals surface area contributed by atoms with Crippen LogP contribution < -0.4 is 5.32 Å². The van der Waals surface area contributed by atoms with E-state index in [0.29, 0.717) is 32.5 Å². The lowest BCUT2D eigenvalue weighted by atomic mass is 9.94. The molecular weight excluding hydrogens is 394 g/mol. The Morgan fingerprint density at radius 3 is 2.63 bits per heavy atom. The molecule has 0 aliphatic carbocycles. The van der Waals surface area contributed by atoms with Crippen LogP contribution >= 0.6 is 11.3 Å². The third kappa shape index (κ3) is 4.38. The van der Waals surface area contributed by atoms with Crippen molar-refractivity contribution < 1.29 is 9.59 Å². The molecule has 2 aromatic carbocycles. The van der Waals surface area contributed by atoms with Gasteiger partial charge in [-0.05, 0) is 36.6 Å². The van der Waals surface area contributed by atoms with Crippen LogP contribution in [0.25, 0.3) is 10.8 Å². The first-order chi connectivity index (χ1) is 14.5. The zero-order valence-electron chi connectivity index (χ0n) is 17.4. The minimum absolute atomic E-state index is 0.0354. The molecule has 0 radical (unpaired) electrons. The van der Waals surface area contributed by atoms with Gasteiger partial charge in [-0.1, -0.05) is 43.3 Å². The van der Waals surface area contributed by atoms with Crippen LogP contribution in [0.3, 0.4) is 0 Å². The SMILES string of the molecule is Cc1csc(C(C)CNC(=O)C2CCN(C(=O)c3cccc4ccccc34)CC2)n1. The molecule has 30 heavy (non-hydrogen) atoms. The van der Waals surface area contributed by atoms with Gasteiger partial charge in [0.15, 0.2) is 0 Å². The van der Waals surface area contributed by atoms with Crippen LogP contribution in [-0.2, 0) is 4.79 Å². The molecule has 0 saturated carbocycles. The second-order valence-corrected chi connectivity index (χ2v) is 8.96. The number of amides is 2. The van der Waals surface area contributed by atoms with Gasteiger partial charge in [-0.3, -0.25) is 9.59 Å². The number of likely N-dealkylation sites (tertiary alicyclic amines) is 1. The number of rotatable bonds is 5. The zero-order chi connectivity index (χ0) is 21.1. The van der Waals surface area contributed by atoms with Gasteiger partial charge in [-0.15, -0.1) is 11.3 Å². The second-order valence-electron chi connectivity index (χ2n) is 8.07. The normalized spacial score (nSPS) is 15.9. The van der Waals surface area contributed by atoms with Crippen molar-refractivity contribution in [3.8, 4) is 0 Å². The minimum Gasteiger partial charge on any atom is -0.355 e. The van der Waals surface area contributed by atoms with Gasteiger partial charge in [0.1, 0.15) is 0 Å². The molecule has 2 heterocycles. The van der Waals surface area contributed by atoms with E-state index in [1.165, 1.54) is 0 Å². The first kappa shape index (κ1) is 20.5. The lowest BCUT2D eigenvalue weighted by Gasteiger charge is -2.31. The van der Waals surface area contributed by atoms with Crippen LogP contribution in [0.2, 0.25) is 0 Å². The van der Waals surface area contributed by atoms with Gasteiger partial charge >= 0.3 is 0 Å². The average Bonchev–Trinajstić information content (AvgIpc) is 3.23. The van der Waals surface area contributed by atoms with Crippen molar-refractivity contribution in [3.05, 3.63) is 64.1 Å². The Balaban J connectivity index is 1.32. The highest BCUT2D eigenvalue weighted by Crippen LogP contribution is 2.24. The van der Waals surface area contributed by atoms with E-state index in [-0.39, 0.29) is 23.7 Å². The number of fused-ring (bicyclic) bond motifs is 1. The maximum Gasteiger partial charge on any atom is 0.254 e. The predicted octanol–water partition coefficient (Wildman–Crippen LogP) is 4.38. The monoisotopic (exact) mass is 421 g/mol. The van der Waals surface area contributed by atoms with Gasteiger partial charge in [-0.25, -0.2) is 4.98 Å². The predicted molar refractivity (Wildman–Crippen MR) is 121 cm³/mol. The number of carbonyl (C=O) groups excluding carboxylic acids is 2. The molecule has 1 N–H and O–H groups in total. The average molecular weight is 422 g/mol. The number of piperidine rings is 1. The number of hydrogen-bond acceptors (Lipinski definition) is 4. The summed E-state index contributed by atoms with van der Waals surface area (Å²) in [7, 11) is 0. The number of nitrogens with zero attached hydrogens (tertiary/aromatic N) is 2. The Kier molecular flexibility index (Phi) is 6.13. The molecule has 3 aromatic rings. The number of nitrogens with one attached hydrogen (secondary N) is 1. The van der Waals surface area contributed by atoms with Crippen LogP contribution in [-0.4, -0.2) is 41.3 Å². The Bertz CT molecular complexity index is 1050. The Hall–Kier alpha value is -2.73. The molecule has 1 atom stereocenters. The summed E-state index contributed by atoms with van der Waals surface area (Å²) in [6.07, 6.45) is 1.40. The molecule has 6 heteroatoms. The summed E-state index contributed by atoms with van der Waals surface area (Å²) in [6.45, 7) is 5.90. The fourth-order valence-electron chi connectivity index (χ4n) is 4.01. The van der Waals surface area contributed by atoms with Gasteiger partial charge in [-0.2, -0.15) is 0 Å². The first-order valence-corrected chi connectivity index (χ1v) is 11.4. The van der Waals surface area contributed by atoms with Crippen LogP contribution in [0, 0.1) is 12.8 Å². The number of hydrogen-bond donors (Lipinski definition) is 1. The third-order valence-electron chi connectivity index (χ3n) is 5.81. The van der Waals surface area contributed by atoms with Crippen molar-refractivity contribution >= 4 is 33.9 Å². The summed E-state index contributed by atoms with van der Waals surface area (Å²) < 4.78 is 0. The molecule has 1 unspecified atom stereocenters. The fraction of sp³-hybridized carbons (Fsp3) is 0.375. The summed E-state index contributed by atoms with van der Waals surface area (Å²) in [5, 5.41) is 8.23. The Morgan fingerprint density at radius 1 is 1.17 bits per heavy atom. The quantitative estimate of drug-likeness (QED) is 0.665. The second kappa shape index (κ2) is 8.96. The van der Waals surface area contributed by atoms with Gasteiger partial charge < -0.3 is 10.2 Å². The Morgan fingerprint density at radius 2 is 1.90 bits per heavy atom. The summed E-state index contributed by atoms with van der Waals surface area (Å²) in [4.78, 5) is 32.1. The molecule has 0 spiro atoms. The topological polar surface area (TPSA) is 62.3 Å². The summed E-state index contributed by atoms with van der Waals surface area (Å²) in [5.74, 6) is 0.318. The first-order valence-electron chi connectivity index (χ1n) is 10.5. The number of thiazole rings is 1. The highest BCUT2D eigenvalue weighted by molar-refractivity contribution is 7.09. The number of aromatic nitrogens is 1. The van der Waals surface area contributed by atoms with Crippen LogP contribution in [0.1, 0.15) is 46.7 Å². The number of carbonyl (C=O) groups is 2. The molecule has 156 valence electrons. The van der Waals surface area contributed by atoms with Crippen LogP contribution in [0.4, 0.5) is 0 Å². The molecule has 0 bridgehead atoms. The van der Waals surface area contributed by atoms with Crippen LogP contribution in [0.15, 0.2) is 47.8 Å². The maximum absolute atomic E-state index is 13.1. The van der Waals surface area contributed by atoms with E-state index in [2.05, 4.69) is 17.2 Å². The van der Waals surface area contributed by atoms with Crippen molar-refractivity contribution in [1.29, 1.82) is 0 Å². The van der Waals surface area contributed by atoms with Gasteiger partial charge in [0.25, 0.3) is 5.91 Å². The number of aryl methyl sites for hydroxylation is 1. The van der Waals surface area contributed by atoms with Crippen molar-refractivity contribution in [2.75, 3.05) is 19.6 Å².